The van der Waals surface area contributed by atoms with E-state index < -0.39 is 23.4 Å². The summed E-state index contributed by atoms with van der Waals surface area (Å²) in [6, 6.07) is 17.0. The summed E-state index contributed by atoms with van der Waals surface area (Å²) in [5.41, 5.74) is 0.354. The highest BCUT2D eigenvalue weighted by Crippen LogP contribution is 2.22. The number of fused-ring (bicyclic) bond motifs is 1. The summed E-state index contributed by atoms with van der Waals surface area (Å²) >= 11 is 0. The van der Waals surface area contributed by atoms with Gasteiger partial charge in [-0.3, -0.25) is 14.9 Å². The van der Waals surface area contributed by atoms with E-state index in [1.54, 1.807) is 14.2 Å². The first-order valence-electron chi connectivity index (χ1n) is 9.10. The van der Waals surface area contributed by atoms with Crippen LogP contribution in [0.15, 0.2) is 60.7 Å². The molecule has 0 heterocycles. The van der Waals surface area contributed by atoms with E-state index in [1.165, 1.54) is 29.2 Å². The normalized spacial score (nSPS) is 10.5. The maximum absolute atomic E-state index is 12.3. The van der Waals surface area contributed by atoms with Crippen LogP contribution in [0.1, 0.15) is 15.9 Å². The molecule has 0 saturated carbocycles. The van der Waals surface area contributed by atoms with Crippen LogP contribution in [0.2, 0.25) is 0 Å². The molecule has 0 fully saturated rings. The second kappa shape index (κ2) is 9.04. The van der Waals surface area contributed by atoms with Crippen molar-refractivity contribution < 1.29 is 24.0 Å². The van der Waals surface area contributed by atoms with Crippen LogP contribution in [0.4, 0.5) is 5.69 Å². The fourth-order valence-electron chi connectivity index (χ4n) is 2.98. The fraction of sp³-hybridized carbons (Fsp3) is 0.182. The molecule has 0 aliphatic heterocycles. The van der Waals surface area contributed by atoms with Gasteiger partial charge in [-0.05, 0) is 40.6 Å². The molecule has 3 aromatic carbocycles. The van der Waals surface area contributed by atoms with Gasteiger partial charge in [0.1, 0.15) is 11.3 Å². The molecule has 0 aliphatic rings. The van der Waals surface area contributed by atoms with Crippen molar-refractivity contribution in [1.29, 1.82) is 0 Å². The predicted octanol–water partition coefficient (Wildman–Crippen LogP) is 3.57. The van der Waals surface area contributed by atoms with E-state index in [9.17, 15) is 19.7 Å². The number of hydrogen-bond donors (Lipinski definition) is 0. The summed E-state index contributed by atoms with van der Waals surface area (Å²) in [5, 5.41) is 13.1. The summed E-state index contributed by atoms with van der Waals surface area (Å²) in [7, 11) is 3.21. The molecule has 30 heavy (non-hydrogen) atoms. The van der Waals surface area contributed by atoms with Gasteiger partial charge in [0.15, 0.2) is 6.61 Å². The van der Waals surface area contributed by atoms with Gasteiger partial charge >= 0.3 is 5.97 Å². The quantitative estimate of drug-likeness (QED) is 0.337. The lowest BCUT2D eigenvalue weighted by atomic mass is 10.1. The van der Waals surface area contributed by atoms with Gasteiger partial charge in [-0.2, -0.15) is 0 Å². The zero-order chi connectivity index (χ0) is 21.7. The topological polar surface area (TPSA) is 99.0 Å². The Bertz CT molecular complexity index is 1110. The van der Waals surface area contributed by atoms with E-state index in [4.69, 9.17) is 9.47 Å². The Labute approximate surface area is 172 Å². The first-order chi connectivity index (χ1) is 14.4. The highest BCUT2D eigenvalue weighted by atomic mass is 16.6. The second-order valence-electron chi connectivity index (χ2n) is 6.65. The van der Waals surface area contributed by atoms with Crippen LogP contribution in [0, 0.1) is 10.1 Å². The van der Waals surface area contributed by atoms with Crippen LogP contribution in [0.3, 0.4) is 0 Å². The van der Waals surface area contributed by atoms with Gasteiger partial charge in [-0.15, -0.1) is 0 Å². The molecule has 0 aliphatic carbocycles. The molecule has 0 atom stereocenters. The number of para-hydroxylation sites is 1. The number of nitro benzene ring substituents is 1. The summed E-state index contributed by atoms with van der Waals surface area (Å²) in [6.45, 7) is -0.185. The van der Waals surface area contributed by atoms with Crippen molar-refractivity contribution in [3.63, 3.8) is 0 Å². The highest BCUT2D eigenvalue weighted by molar-refractivity contribution is 5.95. The maximum Gasteiger partial charge on any atom is 0.345 e. The molecular weight excluding hydrogens is 388 g/mol. The number of likely N-dealkylation sites (N-methyl/N-ethyl adjacent to an activating group) is 1. The molecule has 0 N–H and O–H groups in total. The molecule has 154 valence electrons. The minimum atomic E-state index is -0.913. The number of nitrogens with zero attached hydrogens (tertiary/aromatic N) is 2. The standard InChI is InChI=1S/C22H20N2O6/c1-23(13-15-7-8-17-12-18(29-2)10-9-16(17)11-15)21(25)14-30-22(26)19-5-3-4-6-20(19)24(27)28/h3-12H,13-14H2,1-2H3. The SMILES string of the molecule is COc1ccc2cc(CN(C)C(=O)COC(=O)c3ccccc3[N+](=O)[O-])ccc2c1. The van der Waals surface area contributed by atoms with Gasteiger partial charge in [0.2, 0.25) is 0 Å². The lowest BCUT2D eigenvalue weighted by molar-refractivity contribution is -0.385. The Morgan fingerprint density at radius 3 is 2.47 bits per heavy atom. The number of methoxy groups -OCH3 is 1. The van der Waals surface area contributed by atoms with Crippen molar-refractivity contribution in [3.8, 4) is 5.75 Å². The third kappa shape index (κ3) is 4.72. The Hall–Kier alpha value is -3.94. The first kappa shape index (κ1) is 20.8. The number of benzene rings is 3. The number of nitro groups is 1. The smallest absolute Gasteiger partial charge is 0.345 e. The minimum absolute atomic E-state index is 0.192. The molecule has 0 radical (unpaired) electrons. The molecule has 8 heteroatoms. The van der Waals surface area contributed by atoms with Crippen LogP contribution in [-0.2, 0) is 16.1 Å². The monoisotopic (exact) mass is 408 g/mol. The van der Waals surface area contributed by atoms with Gasteiger partial charge in [0, 0.05) is 19.7 Å². The lowest BCUT2D eigenvalue weighted by Crippen LogP contribution is -2.30. The van der Waals surface area contributed by atoms with Crippen molar-refractivity contribution in [2.24, 2.45) is 0 Å². The lowest BCUT2D eigenvalue weighted by Gasteiger charge is -2.17. The van der Waals surface area contributed by atoms with Crippen molar-refractivity contribution in [3.05, 3.63) is 81.9 Å². The Balaban J connectivity index is 1.62. The van der Waals surface area contributed by atoms with E-state index >= 15 is 0 Å². The van der Waals surface area contributed by atoms with Crippen molar-refractivity contribution >= 4 is 28.3 Å². The van der Waals surface area contributed by atoms with Crippen LogP contribution >= 0.6 is 0 Å². The molecule has 0 spiro atoms. The third-order valence-electron chi connectivity index (χ3n) is 4.60. The molecule has 1 amide bonds. The Morgan fingerprint density at radius 1 is 1.03 bits per heavy atom. The number of carbonyl (C=O) groups excluding carboxylic acids is 2. The maximum atomic E-state index is 12.3. The molecule has 3 rings (SSSR count). The molecular formula is C22H20N2O6. The fourth-order valence-corrected chi connectivity index (χ4v) is 2.98. The second-order valence-corrected chi connectivity index (χ2v) is 6.65. The average Bonchev–Trinajstić information content (AvgIpc) is 2.76. The van der Waals surface area contributed by atoms with Crippen LogP contribution in [-0.4, -0.2) is 42.5 Å². The van der Waals surface area contributed by atoms with Crippen molar-refractivity contribution in [1.82, 2.24) is 4.90 Å². The van der Waals surface area contributed by atoms with Gasteiger partial charge in [0.05, 0.1) is 12.0 Å². The third-order valence-corrected chi connectivity index (χ3v) is 4.60. The zero-order valence-corrected chi connectivity index (χ0v) is 16.5. The number of ether oxygens (including phenoxy) is 2. The predicted molar refractivity (Wildman–Crippen MR) is 110 cm³/mol. The van der Waals surface area contributed by atoms with Crippen molar-refractivity contribution in [2.75, 3.05) is 20.8 Å². The Kier molecular flexibility index (Phi) is 6.26. The minimum Gasteiger partial charge on any atom is -0.497 e. The first-order valence-corrected chi connectivity index (χ1v) is 9.10. The number of carbonyl (C=O) groups is 2. The zero-order valence-electron chi connectivity index (χ0n) is 16.5. The molecule has 0 saturated heterocycles. The van der Waals surface area contributed by atoms with Crippen LogP contribution in [0.25, 0.3) is 10.8 Å². The van der Waals surface area contributed by atoms with Crippen molar-refractivity contribution in [2.45, 2.75) is 6.54 Å². The largest absolute Gasteiger partial charge is 0.497 e. The van der Waals surface area contributed by atoms with E-state index in [-0.39, 0.29) is 11.3 Å². The average molecular weight is 408 g/mol. The van der Waals surface area contributed by atoms with Crippen LogP contribution in [0.5, 0.6) is 5.75 Å². The van der Waals surface area contributed by atoms with E-state index in [1.807, 2.05) is 36.4 Å². The molecule has 0 aromatic heterocycles. The summed E-state index contributed by atoms with van der Waals surface area (Å²) in [4.78, 5) is 36.3. The van der Waals surface area contributed by atoms with Gasteiger partial charge in [-0.25, -0.2) is 4.79 Å². The Morgan fingerprint density at radius 2 is 1.73 bits per heavy atom. The van der Waals surface area contributed by atoms with E-state index in [2.05, 4.69) is 0 Å². The van der Waals surface area contributed by atoms with Crippen LogP contribution < -0.4 is 4.74 Å². The van der Waals surface area contributed by atoms with E-state index in [0.717, 1.165) is 22.1 Å². The number of esters is 1. The van der Waals surface area contributed by atoms with Gasteiger partial charge < -0.3 is 14.4 Å². The molecule has 0 bridgehead atoms. The molecule has 0 unspecified atom stereocenters. The van der Waals surface area contributed by atoms with Gasteiger partial charge in [-0.1, -0.05) is 30.3 Å². The molecule has 3 aromatic rings. The van der Waals surface area contributed by atoms with E-state index in [0.29, 0.717) is 6.54 Å². The van der Waals surface area contributed by atoms with Gasteiger partial charge in [0.25, 0.3) is 11.6 Å². The molecule has 8 nitrogen and oxygen atoms in total. The summed E-state index contributed by atoms with van der Waals surface area (Å²) < 4.78 is 10.2. The number of hydrogen-bond acceptors (Lipinski definition) is 6. The summed E-state index contributed by atoms with van der Waals surface area (Å²) in [6.07, 6.45) is 0. The highest BCUT2D eigenvalue weighted by Gasteiger charge is 2.22. The summed E-state index contributed by atoms with van der Waals surface area (Å²) in [5.74, 6) is -0.566. The number of amides is 1. The number of rotatable bonds is 7.